The van der Waals surface area contributed by atoms with Gasteiger partial charge in [-0.15, -0.1) is 35.3 Å². The first-order valence-electron chi connectivity index (χ1n) is 10.4. The molecule has 1 aliphatic heterocycles. The number of benzene rings is 1. The Balaban J connectivity index is 0.00000320. The Morgan fingerprint density at radius 1 is 1.13 bits per heavy atom. The van der Waals surface area contributed by atoms with Crippen LogP contribution in [0, 0.1) is 6.92 Å². The predicted molar refractivity (Wildman–Crippen MR) is 138 cm³/mol. The van der Waals surface area contributed by atoms with Gasteiger partial charge < -0.3 is 15.1 Å². The summed E-state index contributed by atoms with van der Waals surface area (Å²) >= 11 is 1.69. The summed E-state index contributed by atoms with van der Waals surface area (Å²) in [5.41, 5.74) is 3.74. The van der Waals surface area contributed by atoms with Crippen LogP contribution in [-0.2, 0) is 19.6 Å². The minimum Gasteiger partial charge on any atom is -0.352 e. The van der Waals surface area contributed by atoms with E-state index in [4.69, 9.17) is 0 Å². The molecule has 1 aliphatic rings. The van der Waals surface area contributed by atoms with Crippen LogP contribution in [0.2, 0.25) is 0 Å². The molecule has 8 heteroatoms. The highest BCUT2D eigenvalue weighted by Gasteiger charge is 2.15. The van der Waals surface area contributed by atoms with Gasteiger partial charge in [-0.25, -0.2) is 4.98 Å². The molecule has 0 aliphatic carbocycles. The molecule has 0 amide bonds. The zero-order valence-electron chi connectivity index (χ0n) is 18.6. The lowest BCUT2D eigenvalue weighted by Gasteiger charge is -2.34. The van der Waals surface area contributed by atoms with E-state index in [0.29, 0.717) is 0 Å². The van der Waals surface area contributed by atoms with Crippen molar-refractivity contribution in [2.75, 3.05) is 46.8 Å². The Morgan fingerprint density at radius 3 is 2.33 bits per heavy atom. The van der Waals surface area contributed by atoms with Crippen molar-refractivity contribution in [3.63, 3.8) is 0 Å². The van der Waals surface area contributed by atoms with Gasteiger partial charge >= 0.3 is 0 Å². The minimum atomic E-state index is 0. The summed E-state index contributed by atoms with van der Waals surface area (Å²) in [5, 5.41) is 6.67. The average Bonchev–Trinajstić information content (AvgIpc) is 3.14. The van der Waals surface area contributed by atoms with Crippen LogP contribution in [0.1, 0.15) is 28.8 Å². The van der Waals surface area contributed by atoms with E-state index in [9.17, 15) is 0 Å². The molecule has 3 rings (SSSR count). The third kappa shape index (κ3) is 7.47. The molecule has 30 heavy (non-hydrogen) atoms. The van der Waals surface area contributed by atoms with Crippen molar-refractivity contribution in [2.24, 2.45) is 4.99 Å². The van der Waals surface area contributed by atoms with E-state index in [1.165, 1.54) is 24.2 Å². The highest BCUT2D eigenvalue weighted by atomic mass is 127. The van der Waals surface area contributed by atoms with Gasteiger partial charge in [0, 0.05) is 58.7 Å². The minimum absolute atomic E-state index is 0. The number of guanidine groups is 1. The van der Waals surface area contributed by atoms with Gasteiger partial charge in [0.25, 0.3) is 0 Å². The lowest BCUT2D eigenvalue weighted by atomic mass is 10.1. The fourth-order valence-corrected chi connectivity index (χ4v) is 4.25. The normalized spacial score (nSPS) is 15.7. The molecule has 0 bridgehead atoms. The Labute approximate surface area is 202 Å². The summed E-state index contributed by atoms with van der Waals surface area (Å²) in [6.45, 7) is 12.7. The van der Waals surface area contributed by atoms with E-state index in [1.807, 2.05) is 21.0 Å². The Morgan fingerprint density at radius 2 is 1.77 bits per heavy atom. The number of nitrogens with one attached hydrogen (secondary N) is 1. The van der Waals surface area contributed by atoms with E-state index in [1.54, 1.807) is 11.3 Å². The molecule has 6 nitrogen and oxygen atoms in total. The summed E-state index contributed by atoms with van der Waals surface area (Å²) in [6.07, 6.45) is 0. The standard InChI is InChI=1S/C22H34N6S.HI/c1-5-27-10-12-28(13-11-27)15-20-8-6-19(7-9-20)14-24-22(23-3)26(4)16-21-17-29-18(2)25-21;/h6-9,17H,5,10-16H2,1-4H3,(H,23,24);1H. The molecule has 0 unspecified atom stereocenters. The summed E-state index contributed by atoms with van der Waals surface area (Å²) in [4.78, 5) is 16.1. The Kier molecular flexibility index (Phi) is 10.5. The van der Waals surface area contributed by atoms with Gasteiger partial charge in [0.2, 0.25) is 0 Å². The second kappa shape index (κ2) is 12.6. The van der Waals surface area contributed by atoms with Crippen molar-refractivity contribution in [2.45, 2.75) is 33.5 Å². The molecule has 0 radical (unpaired) electrons. The van der Waals surface area contributed by atoms with E-state index in [-0.39, 0.29) is 24.0 Å². The number of hydrogen-bond donors (Lipinski definition) is 1. The molecule has 1 aromatic carbocycles. The topological polar surface area (TPSA) is 47.0 Å². The molecule has 2 aromatic rings. The van der Waals surface area contributed by atoms with Crippen LogP contribution in [0.4, 0.5) is 0 Å². The number of thiazole rings is 1. The van der Waals surface area contributed by atoms with Gasteiger partial charge in [0.1, 0.15) is 0 Å². The number of piperazine rings is 1. The van der Waals surface area contributed by atoms with E-state index >= 15 is 0 Å². The maximum atomic E-state index is 4.54. The molecule has 1 fully saturated rings. The molecule has 0 spiro atoms. The first kappa shape index (κ1) is 25.0. The summed E-state index contributed by atoms with van der Waals surface area (Å²) in [7, 11) is 3.87. The fraction of sp³-hybridized carbons (Fsp3) is 0.545. The smallest absolute Gasteiger partial charge is 0.194 e. The fourth-order valence-electron chi connectivity index (χ4n) is 3.65. The number of rotatable bonds is 7. The number of likely N-dealkylation sites (N-methyl/N-ethyl adjacent to an activating group) is 1. The second-order valence-electron chi connectivity index (χ2n) is 7.64. The van der Waals surface area contributed by atoms with E-state index < -0.39 is 0 Å². The number of aliphatic imine (C=N–C) groups is 1. The molecule has 2 heterocycles. The second-order valence-corrected chi connectivity index (χ2v) is 8.70. The molecule has 1 aromatic heterocycles. The first-order chi connectivity index (χ1) is 14.1. The highest BCUT2D eigenvalue weighted by molar-refractivity contribution is 14.0. The first-order valence-corrected chi connectivity index (χ1v) is 11.3. The van der Waals surface area contributed by atoms with Gasteiger partial charge in [0.15, 0.2) is 5.96 Å². The molecule has 1 saturated heterocycles. The Bertz CT molecular complexity index is 783. The maximum Gasteiger partial charge on any atom is 0.194 e. The number of aromatic nitrogens is 1. The third-order valence-corrected chi connectivity index (χ3v) is 6.25. The lowest BCUT2D eigenvalue weighted by Crippen LogP contribution is -2.45. The van der Waals surface area contributed by atoms with Crippen molar-refractivity contribution in [3.05, 3.63) is 51.5 Å². The molecular weight excluding hydrogens is 507 g/mol. The number of halogens is 1. The predicted octanol–water partition coefficient (Wildman–Crippen LogP) is 3.41. The van der Waals surface area contributed by atoms with Crippen LogP contribution in [0.3, 0.4) is 0 Å². The van der Waals surface area contributed by atoms with Crippen LogP contribution in [0.5, 0.6) is 0 Å². The molecule has 166 valence electrons. The monoisotopic (exact) mass is 542 g/mol. The highest BCUT2D eigenvalue weighted by Crippen LogP contribution is 2.12. The van der Waals surface area contributed by atoms with Gasteiger partial charge in [-0.3, -0.25) is 9.89 Å². The van der Waals surface area contributed by atoms with Crippen LogP contribution in [0.15, 0.2) is 34.6 Å². The van der Waals surface area contributed by atoms with Gasteiger partial charge in [-0.1, -0.05) is 31.2 Å². The SMILES string of the molecule is CCN1CCN(Cc2ccc(CNC(=NC)N(C)Cc3csc(C)n3)cc2)CC1.I. The summed E-state index contributed by atoms with van der Waals surface area (Å²) < 4.78 is 0. The Hall–Kier alpha value is -1.23. The van der Waals surface area contributed by atoms with Crippen LogP contribution in [-0.4, -0.2) is 72.5 Å². The van der Waals surface area contributed by atoms with E-state index in [0.717, 1.165) is 55.9 Å². The number of hydrogen-bond acceptors (Lipinski definition) is 5. The zero-order chi connectivity index (χ0) is 20.6. The van der Waals surface area contributed by atoms with Crippen molar-refractivity contribution in [1.29, 1.82) is 0 Å². The lowest BCUT2D eigenvalue weighted by molar-refractivity contribution is 0.132. The third-order valence-electron chi connectivity index (χ3n) is 5.43. The quantitative estimate of drug-likeness (QED) is 0.330. The summed E-state index contributed by atoms with van der Waals surface area (Å²) in [6, 6.07) is 8.96. The maximum absolute atomic E-state index is 4.54. The van der Waals surface area contributed by atoms with Crippen molar-refractivity contribution >= 4 is 41.3 Å². The van der Waals surface area contributed by atoms with E-state index in [2.05, 4.69) is 66.6 Å². The van der Waals surface area contributed by atoms with Gasteiger partial charge in [-0.05, 0) is 24.6 Å². The van der Waals surface area contributed by atoms with Crippen LogP contribution >= 0.6 is 35.3 Å². The van der Waals surface area contributed by atoms with Crippen LogP contribution < -0.4 is 5.32 Å². The summed E-state index contributed by atoms with van der Waals surface area (Å²) in [5.74, 6) is 0.883. The average molecular weight is 543 g/mol. The van der Waals surface area contributed by atoms with Crippen molar-refractivity contribution in [1.82, 2.24) is 25.0 Å². The molecule has 0 atom stereocenters. The van der Waals surface area contributed by atoms with Gasteiger partial charge in [-0.2, -0.15) is 0 Å². The van der Waals surface area contributed by atoms with Gasteiger partial charge in [0.05, 0.1) is 17.2 Å². The molecule has 0 saturated carbocycles. The zero-order valence-corrected chi connectivity index (χ0v) is 21.7. The largest absolute Gasteiger partial charge is 0.352 e. The van der Waals surface area contributed by atoms with Crippen molar-refractivity contribution < 1.29 is 0 Å². The number of aryl methyl sites for hydroxylation is 1. The van der Waals surface area contributed by atoms with Crippen LogP contribution in [0.25, 0.3) is 0 Å². The number of nitrogens with zero attached hydrogens (tertiary/aromatic N) is 5. The molecule has 1 N–H and O–H groups in total. The molecular formula is C22H35IN6S. The van der Waals surface area contributed by atoms with Crippen molar-refractivity contribution in [3.8, 4) is 0 Å².